The number of halogens is 11. The van der Waals surface area contributed by atoms with Gasteiger partial charge in [-0.25, -0.2) is 0 Å². The molecular formula is C11H7F11. The van der Waals surface area contributed by atoms with Gasteiger partial charge in [-0.05, 0) is 18.8 Å². The van der Waals surface area contributed by atoms with Gasteiger partial charge in [0.15, 0.2) is 5.41 Å². The zero-order valence-corrected chi connectivity index (χ0v) is 10.3. The number of fused-ring (bicyclic) bond motifs is 2. The van der Waals surface area contributed by atoms with Crippen molar-refractivity contribution in [3.8, 4) is 0 Å². The highest BCUT2D eigenvalue weighted by Crippen LogP contribution is 2.77. The minimum atomic E-state index is -6.54. The number of allylic oxidation sites excluding steroid dienone is 2. The van der Waals surface area contributed by atoms with Gasteiger partial charge in [-0.15, -0.1) is 0 Å². The maximum absolute atomic E-state index is 13.7. The molecule has 0 radical (unpaired) electrons. The largest absolute Gasteiger partial charge is 0.454 e. The van der Waals surface area contributed by atoms with Crippen molar-refractivity contribution in [1.82, 2.24) is 0 Å². The molecule has 0 aromatic carbocycles. The highest BCUT2D eigenvalue weighted by Gasteiger charge is 2.90. The Morgan fingerprint density at radius 1 is 0.727 bits per heavy atom. The molecule has 128 valence electrons. The molecule has 2 bridgehead atoms. The summed E-state index contributed by atoms with van der Waals surface area (Å²) < 4.78 is 143. The molecule has 2 atom stereocenters. The highest BCUT2D eigenvalue weighted by atomic mass is 19.4. The molecular weight excluding hydrogens is 341 g/mol. The predicted octanol–water partition coefficient (Wildman–Crippen LogP) is 5.26. The van der Waals surface area contributed by atoms with Crippen LogP contribution in [-0.2, 0) is 0 Å². The van der Waals surface area contributed by atoms with E-state index in [1.807, 2.05) is 0 Å². The van der Waals surface area contributed by atoms with Gasteiger partial charge in [0.25, 0.3) is 0 Å². The summed E-state index contributed by atoms with van der Waals surface area (Å²) in [5.74, 6) is -7.82. The van der Waals surface area contributed by atoms with E-state index >= 15 is 0 Å². The van der Waals surface area contributed by atoms with Crippen LogP contribution in [0.25, 0.3) is 0 Å². The second-order valence-electron chi connectivity index (χ2n) is 5.47. The van der Waals surface area contributed by atoms with E-state index in [1.165, 1.54) is 0 Å². The van der Waals surface area contributed by atoms with Crippen LogP contribution in [0.15, 0.2) is 12.2 Å². The van der Waals surface area contributed by atoms with Crippen LogP contribution in [0, 0.1) is 16.7 Å². The molecule has 0 amide bonds. The van der Waals surface area contributed by atoms with Crippen LogP contribution in [0.4, 0.5) is 48.3 Å². The van der Waals surface area contributed by atoms with Crippen LogP contribution in [0.1, 0.15) is 12.8 Å². The Kier molecular flexibility index (Phi) is 3.21. The average molecular weight is 348 g/mol. The molecule has 0 aromatic rings. The monoisotopic (exact) mass is 348 g/mol. The van der Waals surface area contributed by atoms with E-state index in [1.54, 1.807) is 0 Å². The standard InChI is InChI=1S/C11H7F11/c12-8(13,11(20,21)22)6-2-1-5(3-6)4-7(6,9(14,15)16)10(17,18)19/h1-2,5H,3-4H2. The van der Waals surface area contributed by atoms with Crippen molar-refractivity contribution < 1.29 is 48.3 Å². The van der Waals surface area contributed by atoms with Crippen molar-refractivity contribution in [3.05, 3.63) is 12.2 Å². The molecule has 22 heavy (non-hydrogen) atoms. The van der Waals surface area contributed by atoms with Crippen molar-refractivity contribution >= 4 is 0 Å². The molecule has 0 spiro atoms. The summed E-state index contributed by atoms with van der Waals surface area (Å²) in [7, 11) is 0. The Balaban J connectivity index is 2.80. The normalized spacial score (nSPS) is 31.9. The Morgan fingerprint density at radius 3 is 1.50 bits per heavy atom. The van der Waals surface area contributed by atoms with Crippen molar-refractivity contribution in [2.45, 2.75) is 37.3 Å². The molecule has 0 aliphatic heterocycles. The molecule has 2 aliphatic carbocycles. The van der Waals surface area contributed by atoms with Gasteiger partial charge in [-0.3, -0.25) is 0 Å². The summed E-state index contributed by atoms with van der Waals surface area (Å²) in [5.41, 5.74) is -9.55. The van der Waals surface area contributed by atoms with E-state index in [0.29, 0.717) is 6.08 Å². The fraction of sp³-hybridized carbons (Fsp3) is 0.818. The molecule has 0 aromatic heterocycles. The second-order valence-corrected chi connectivity index (χ2v) is 5.47. The molecule has 0 saturated heterocycles. The Hall–Kier alpha value is -1.03. The molecule has 0 N–H and O–H groups in total. The zero-order valence-electron chi connectivity index (χ0n) is 10.3. The van der Waals surface area contributed by atoms with E-state index in [2.05, 4.69) is 0 Å². The van der Waals surface area contributed by atoms with Crippen molar-refractivity contribution in [3.63, 3.8) is 0 Å². The molecule has 11 heteroatoms. The van der Waals surface area contributed by atoms with Crippen LogP contribution in [0.3, 0.4) is 0 Å². The summed E-state index contributed by atoms with van der Waals surface area (Å²) in [4.78, 5) is 0. The third-order valence-electron chi connectivity index (χ3n) is 4.45. The number of rotatable bonds is 1. The summed E-state index contributed by atoms with van der Waals surface area (Å²) in [6.07, 6.45) is -22.3. The van der Waals surface area contributed by atoms with E-state index < -0.39 is 54.0 Å². The van der Waals surface area contributed by atoms with Gasteiger partial charge in [-0.2, -0.15) is 48.3 Å². The van der Waals surface area contributed by atoms with Gasteiger partial charge in [0.1, 0.15) is 0 Å². The lowest BCUT2D eigenvalue weighted by molar-refractivity contribution is -0.415. The fourth-order valence-electron chi connectivity index (χ4n) is 3.53. The Morgan fingerprint density at radius 2 is 1.18 bits per heavy atom. The van der Waals surface area contributed by atoms with Gasteiger partial charge in [0, 0.05) is 0 Å². The van der Waals surface area contributed by atoms with Crippen LogP contribution in [0.2, 0.25) is 0 Å². The lowest BCUT2D eigenvalue weighted by atomic mass is 9.60. The number of alkyl halides is 11. The minimum Gasteiger partial charge on any atom is -0.195 e. The van der Waals surface area contributed by atoms with Crippen LogP contribution < -0.4 is 0 Å². The Bertz CT molecular complexity index is 478. The van der Waals surface area contributed by atoms with Gasteiger partial charge >= 0.3 is 24.5 Å². The first kappa shape index (κ1) is 17.3. The minimum absolute atomic E-state index is 0.254. The van der Waals surface area contributed by atoms with Gasteiger partial charge in [0.2, 0.25) is 0 Å². The molecule has 2 aliphatic rings. The van der Waals surface area contributed by atoms with E-state index in [-0.39, 0.29) is 6.08 Å². The lowest BCUT2D eigenvalue weighted by Gasteiger charge is -2.49. The molecule has 0 nitrogen and oxygen atoms in total. The third-order valence-corrected chi connectivity index (χ3v) is 4.45. The van der Waals surface area contributed by atoms with Gasteiger partial charge < -0.3 is 0 Å². The summed E-state index contributed by atoms with van der Waals surface area (Å²) in [5, 5.41) is 0. The SMILES string of the molecule is FC(F)(F)C(F)(F)C12C=CC(C1)CC2(C(F)(F)F)C(F)(F)F. The molecule has 0 heterocycles. The van der Waals surface area contributed by atoms with Crippen molar-refractivity contribution in [1.29, 1.82) is 0 Å². The summed E-state index contributed by atoms with van der Waals surface area (Å²) in [6.45, 7) is 0. The van der Waals surface area contributed by atoms with E-state index in [9.17, 15) is 48.3 Å². The molecule has 2 rings (SSSR count). The smallest absolute Gasteiger partial charge is 0.195 e. The van der Waals surface area contributed by atoms with Gasteiger partial charge in [-0.1, -0.05) is 12.2 Å². The summed E-state index contributed by atoms with van der Waals surface area (Å²) >= 11 is 0. The first-order valence-electron chi connectivity index (χ1n) is 5.81. The molecule has 1 fully saturated rings. The maximum atomic E-state index is 13.7. The van der Waals surface area contributed by atoms with Crippen molar-refractivity contribution in [2.24, 2.45) is 16.7 Å². The topological polar surface area (TPSA) is 0 Å². The van der Waals surface area contributed by atoms with Crippen LogP contribution >= 0.6 is 0 Å². The molecule has 1 saturated carbocycles. The summed E-state index contributed by atoms with van der Waals surface area (Å²) in [6, 6.07) is 0. The Labute approximate surface area is 116 Å². The average Bonchev–Trinajstić information content (AvgIpc) is 2.81. The zero-order chi connectivity index (χ0) is 17.4. The fourth-order valence-corrected chi connectivity index (χ4v) is 3.53. The lowest BCUT2D eigenvalue weighted by Crippen LogP contribution is -2.66. The van der Waals surface area contributed by atoms with Crippen molar-refractivity contribution in [2.75, 3.05) is 0 Å². The first-order valence-corrected chi connectivity index (χ1v) is 5.81. The third kappa shape index (κ3) is 1.70. The maximum Gasteiger partial charge on any atom is 0.454 e. The number of hydrogen-bond donors (Lipinski definition) is 0. The van der Waals surface area contributed by atoms with Crippen LogP contribution in [0.5, 0.6) is 0 Å². The predicted molar refractivity (Wildman–Crippen MR) is 49.8 cm³/mol. The van der Waals surface area contributed by atoms with Crippen LogP contribution in [-0.4, -0.2) is 24.5 Å². The first-order chi connectivity index (χ1) is 9.54. The van der Waals surface area contributed by atoms with E-state index in [4.69, 9.17) is 0 Å². The van der Waals surface area contributed by atoms with E-state index in [0.717, 1.165) is 0 Å². The number of hydrogen-bond acceptors (Lipinski definition) is 0. The quantitative estimate of drug-likeness (QED) is 0.448. The van der Waals surface area contributed by atoms with Gasteiger partial charge in [0.05, 0.1) is 5.41 Å². The second kappa shape index (κ2) is 4.08. The highest BCUT2D eigenvalue weighted by molar-refractivity contribution is 5.32. The molecule has 2 unspecified atom stereocenters.